The molecule has 106 valence electrons. The van der Waals surface area contributed by atoms with E-state index in [0.717, 1.165) is 24.2 Å². The summed E-state index contributed by atoms with van der Waals surface area (Å²) >= 11 is 0. The molecule has 0 atom stereocenters. The number of aliphatic carboxylic acids is 1. The van der Waals surface area contributed by atoms with Crippen molar-refractivity contribution in [2.24, 2.45) is 5.92 Å². The predicted molar refractivity (Wildman–Crippen MR) is 73.4 cm³/mol. The standard InChI is InChI=1S/C15H18N2O3/c18-15(19)11-4-6-13(7-5-11)20-10-12-9-17-8-2-1-3-14(17)16-12/h1-3,8-9,11,13H,4-7,10H2,(H,18,19). The minimum atomic E-state index is -0.677. The van der Waals surface area contributed by atoms with Crippen molar-refractivity contribution in [3.8, 4) is 0 Å². The van der Waals surface area contributed by atoms with Gasteiger partial charge in [0.05, 0.1) is 24.3 Å². The summed E-state index contributed by atoms with van der Waals surface area (Å²) < 4.78 is 7.83. The number of hydrogen-bond donors (Lipinski definition) is 1. The number of carboxylic acids is 1. The van der Waals surface area contributed by atoms with Crippen LogP contribution in [-0.4, -0.2) is 26.6 Å². The van der Waals surface area contributed by atoms with E-state index in [2.05, 4.69) is 4.98 Å². The van der Waals surface area contributed by atoms with Crippen LogP contribution in [-0.2, 0) is 16.1 Å². The van der Waals surface area contributed by atoms with Gasteiger partial charge in [0.1, 0.15) is 5.65 Å². The molecule has 1 aliphatic rings. The minimum absolute atomic E-state index is 0.162. The first kappa shape index (κ1) is 13.1. The van der Waals surface area contributed by atoms with Crippen LogP contribution in [0.5, 0.6) is 0 Å². The Hall–Kier alpha value is -1.88. The van der Waals surface area contributed by atoms with Crippen molar-refractivity contribution in [3.63, 3.8) is 0 Å². The second kappa shape index (κ2) is 5.63. The zero-order chi connectivity index (χ0) is 13.9. The van der Waals surface area contributed by atoms with Crippen LogP contribution in [0.15, 0.2) is 30.6 Å². The first-order valence-electron chi connectivity index (χ1n) is 6.99. The molecule has 2 aromatic rings. The van der Waals surface area contributed by atoms with Crippen LogP contribution >= 0.6 is 0 Å². The third kappa shape index (κ3) is 2.82. The maximum atomic E-state index is 10.9. The molecule has 0 saturated heterocycles. The molecular weight excluding hydrogens is 256 g/mol. The van der Waals surface area contributed by atoms with E-state index in [1.807, 2.05) is 35.0 Å². The summed E-state index contributed by atoms with van der Waals surface area (Å²) in [5.74, 6) is -0.867. The number of nitrogens with zero attached hydrogens (tertiary/aromatic N) is 2. The summed E-state index contributed by atoms with van der Waals surface area (Å²) in [4.78, 5) is 15.4. The van der Waals surface area contributed by atoms with Gasteiger partial charge in [-0.25, -0.2) is 4.98 Å². The average molecular weight is 274 g/mol. The van der Waals surface area contributed by atoms with Gasteiger partial charge in [0, 0.05) is 12.4 Å². The lowest BCUT2D eigenvalue weighted by atomic mass is 9.87. The molecule has 1 saturated carbocycles. The van der Waals surface area contributed by atoms with Gasteiger partial charge in [0.25, 0.3) is 0 Å². The van der Waals surface area contributed by atoms with Crippen molar-refractivity contribution in [2.75, 3.05) is 0 Å². The largest absolute Gasteiger partial charge is 0.481 e. The van der Waals surface area contributed by atoms with Gasteiger partial charge in [-0.2, -0.15) is 0 Å². The highest BCUT2D eigenvalue weighted by molar-refractivity contribution is 5.70. The van der Waals surface area contributed by atoms with Gasteiger partial charge in [0.15, 0.2) is 0 Å². The first-order valence-corrected chi connectivity index (χ1v) is 6.99. The van der Waals surface area contributed by atoms with Crippen molar-refractivity contribution in [2.45, 2.75) is 38.4 Å². The van der Waals surface area contributed by atoms with Gasteiger partial charge >= 0.3 is 5.97 Å². The minimum Gasteiger partial charge on any atom is -0.481 e. The van der Waals surface area contributed by atoms with Crippen LogP contribution in [0.2, 0.25) is 0 Å². The Balaban J connectivity index is 1.54. The van der Waals surface area contributed by atoms with Crippen LogP contribution in [0.25, 0.3) is 5.65 Å². The molecule has 0 bridgehead atoms. The average Bonchev–Trinajstić information content (AvgIpc) is 2.88. The highest BCUT2D eigenvalue weighted by Crippen LogP contribution is 2.26. The van der Waals surface area contributed by atoms with Crippen LogP contribution < -0.4 is 0 Å². The summed E-state index contributed by atoms with van der Waals surface area (Å²) in [6.45, 7) is 0.490. The summed E-state index contributed by atoms with van der Waals surface area (Å²) in [5, 5.41) is 8.96. The first-order chi connectivity index (χ1) is 9.72. The van der Waals surface area contributed by atoms with E-state index in [1.165, 1.54) is 0 Å². The lowest BCUT2D eigenvalue weighted by Crippen LogP contribution is -2.25. The normalized spacial score (nSPS) is 23.0. The zero-order valence-electron chi connectivity index (χ0n) is 11.2. The molecule has 1 fully saturated rings. The number of carbonyl (C=O) groups is 1. The number of carboxylic acid groups (broad SMARTS) is 1. The van der Waals surface area contributed by atoms with Crippen LogP contribution in [0, 0.1) is 5.92 Å². The Morgan fingerprint density at radius 1 is 1.35 bits per heavy atom. The number of rotatable bonds is 4. The van der Waals surface area contributed by atoms with E-state index >= 15 is 0 Å². The molecule has 5 nitrogen and oxygen atoms in total. The number of hydrogen-bond acceptors (Lipinski definition) is 3. The maximum absolute atomic E-state index is 10.9. The molecule has 5 heteroatoms. The van der Waals surface area contributed by atoms with Gasteiger partial charge in [-0.1, -0.05) is 6.07 Å². The fraction of sp³-hybridized carbons (Fsp3) is 0.467. The second-order valence-corrected chi connectivity index (χ2v) is 5.32. The summed E-state index contributed by atoms with van der Waals surface area (Å²) in [5.41, 5.74) is 1.83. The Bertz CT molecular complexity index is 567. The fourth-order valence-electron chi connectivity index (χ4n) is 2.74. The third-order valence-electron chi connectivity index (χ3n) is 3.90. The van der Waals surface area contributed by atoms with Crippen LogP contribution in [0.4, 0.5) is 0 Å². The van der Waals surface area contributed by atoms with Crippen molar-refractivity contribution >= 4 is 11.6 Å². The van der Waals surface area contributed by atoms with Gasteiger partial charge in [-0.3, -0.25) is 4.79 Å². The summed E-state index contributed by atoms with van der Waals surface area (Å²) in [6.07, 6.45) is 7.17. The van der Waals surface area contributed by atoms with E-state index in [1.54, 1.807) is 0 Å². The number of imidazole rings is 1. The number of pyridine rings is 1. The van der Waals surface area contributed by atoms with E-state index in [0.29, 0.717) is 19.4 Å². The second-order valence-electron chi connectivity index (χ2n) is 5.32. The van der Waals surface area contributed by atoms with E-state index in [4.69, 9.17) is 9.84 Å². The number of aromatic nitrogens is 2. The Morgan fingerprint density at radius 2 is 2.15 bits per heavy atom. The zero-order valence-corrected chi connectivity index (χ0v) is 11.2. The topological polar surface area (TPSA) is 63.8 Å². The molecule has 0 unspecified atom stereocenters. The van der Waals surface area contributed by atoms with Crippen molar-refractivity contribution in [1.29, 1.82) is 0 Å². The molecule has 2 heterocycles. The molecule has 2 aromatic heterocycles. The fourth-order valence-corrected chi connectivity index (χ4v) is 2.74. The number of fused-ring (bicyclic) bond motifs is 1. The molecule has 0 radical (unpaired) electrons. The highest BCUT2D eigenvalue weighted by Gasteiger charge is 2.26. The van der Waals surface area contributed by atoms with Crippen LogP contribution in [0.1, 0.15) is 31.4 Å². The maximum Gasteiger partial charge on any atom is 0.306 e. The molecule has 0 aromatic carbocycles. The summed E-state index contributed by atoms with van der Waals surface area (Å²) in [6, 6.07) is 5.88. The Morgan fingerprint density at radius 3 is 2.85 bits per heavy atom. The summed E-state index contributed by atoms with van der Waals surface area (Å²) in [7, 11) is 0. The lowest BCUT2D eigenvalue weighted by Gasteiger charge is -2.25. The Kier molecular flexibility index (Phi) is 3.69. The predicted octanol–water partition coefficient (Wildman–Crippen LogP) is 2.49. The molecule has 1 N–H and O–H groups in total. The molecule has 0 aliphatic heterocycles. The van der Waals surface area contributed by atoms with Crippen LogP contribution in [0.3, 0.4) is 0 Å². The smallest absolute Gasteiger partial charge is 0.306 e. The molecule has 0 spiro atoms. The number of ether oxygens (including phenoxy) is 1. The van der Waals surface area contributed by atoms with E-state index < -0.39 is 5.97 Å². The molecule has 0 amide bonds. The monoisotopic (exact) mass is 274 g/mol. The molecule has 20 heavy (non-hydrogen) atoms. The van der Waals surface area contributed by atoms with E-state index in [-0.39, 0.29) is 12.0 Å². The van der Waals surface area contributed by atoms with Crippen molar-refractivity contribution < 1.29 is 14.6 Å². The Labute approximate surface area is 117 Å². The molecule has 1 aliphatic carbocycles. The van der Waals surface area contributed by atoms with Crippen molar-refractivity contribution in [1.82, 2.24) is 9.38 Å². The van der Waals surface area contributed by atoms with Crippen molar-refractivity contribution in [3.05, 3.63) is 36.3 Å². The highest BCUT2D eigenvalue weighted by atomic mass is 16.5. The third-order valence-corrected chi connectivity index (χ3v) is 3.90. The molecular formula is C15H18N2O3. The van der Waals surface area contributed by atoms with Gasteiger partial charge in [-0.15, -0.1) is 0 Å². The SMILES string of the molecule is O=C(O)C1CCC(OCc2cn3ccccc3n2)CC1. The van der Waals surface area contributed by atoms with E-state index in [9.17, 15) is 4.79 Å². The van der Waals surface area contributed by atoms with Gasteiger partial charge in [-0.05, 0) is 37.8 Å². The van der Waals surface area contributed by atoms with Gasteiger partial charge in [0.2, 0.25) is 0 Å². The quantitative estimate of drug-likeness (QED) is 0.930. The lowest BCUT2D eigenvalue weighted by molar-refractivity contribution is -0.143. The molecule has 3 rings (SSSR count). The van der Waals surface area contributed by atoms with Gasteiger partial charge < -0.3 is 14.2 Å².